The molecular weight excluding hydrogens is 342 g/mol. The molecule has 0 unspecified atom stereocenters. The van der Waals surface area contributed by atoms with E-state index in [2.05, 4.69) is 36.2 Å². The zero-order valence-corrected chi connectivity index (χ0v) is 16.6. The average molecular weight is 371 g/mol. The molecule has 2 aromatic rings. The van der Waals surface area contributed by atoms with Gasteiger partial charge in [-0.1, -0.05) is 45.7 Å². The van der Waals surface area contributed by atoms with Gasteiger partial charge in [-0.15, -0.1) is 10.2 Å². The molecule has 7 nitrogen and oxygen atoms in total. The van der Waals surface area contributed by atoms with Gasteiger partial charge in [0, 0.05) is 24.2 Å². The highest BCUT2D eigenvalue weighted by molar-refractivity contribution is 5.94. The summed E-state index contributed by atoms with van der Waals surface area (Å²) >= 11 is 0. The lowest BCUT2D eigenvalue weighted by Gasteiger charge is -2.40. The van der Waals surface area contributed by atoms with Crippen LogP contribution in [0.5, 0.6) is 0 Å². The Bertz CT molecular complexity index is 756. The number of ether oxygens (including phenoxy) is 1. The van der Waals surface area contributed by atoms with Crippen LogP contribution in [0.3, 0.4) is 0 Å². The Balaban J connectivity index is 1.72. The summed E-state index contributed by atoms with van der Waals surface area (Å²) in [6.45, 7) is 7.79. The number of amides is 1. The number of unbranched alkanes of at least 4 members (excludes halogenated alkanes) is 1. The van der Waals surface area contributed by atoms with Crippen LogP contribution in [0.2, 0.25) is 0 Å². The first-order chi connectivity index (χ1) is 13.0. The molecular formula is C20H29N5O2. The molecule has 27 heavy (non-hydrogen) atoms. The number of morpholine rings is 1. The van der Waals surface area contributed by atoms with Crippen LogP contribution in [0, 0.1) is 5.92 Å². The molecule has 146 valence electrons. The van der Waals surface area contributed by atoms with Crippen molar-refractivity contribution in [2.45, 2.75) is 52.2 Å². The van der Waals surface area contributed by atoms with Gasteiger partial charge in [0.2, 0.25) is 5.82 Å². The Kier molecular flexibility index (Phi) is 6.21. The normalized spacial score (nSPS) is 20.3. The fourth-order valence-electron chi connectivity index (χ4n) is 3.34. The maximum Gasteiger partial charge on any atom is 0.254 e. The lowest BCUT2D eigenvalue weighted by Crippen LogP contribution is -2.51. The minimum atomic E-state index is 0.0594. The van der Waals surface area contributed by atoms with Gasteiger partial charge in [-0.05, 0) is 29.7 Å². The monoisotopic (exact) mass is 371 g/mol. The fraction of sp³-hybridized carbons (Fsp3) is 0.600. The third-order valence-corrected chi connectivity index (χ3v) is 5.00. The van der Waals surface area contributed by atoms with Crippen LogP contribution in [0.15, 0.2) is 24.3 Å². The van der Waals surface area contributed by atoms with Crippen molar-refractivity contribution < 1.29 is 9.53 Å². The molecule has 0 saturated carbocycles. The predicted octanol–water partition coefficient (Wildman–Crippen LogP) is 2.93. The second-order valence-corrected chi connectivity index (χ2v) is 7.57. The van der Waals surface area contributed by atoms with Crippen molar-refractivity contribution in [2.75, 3.05) is 13.1 Å². The van der Waals surface area contributed by atoms with Gasteiger partial charge in [0.15, 0.2) is 0 Å². The Morgan fingerprint density at radius 3 is 2.59 bits per heavy atom. The van der Waals surface area contributed by atoms with Gasteiger partial charge < -0.3 is 9.64 Å². The number of aryl methyl sites for hydroxylation is 1. The number of hydrogen-bond donors (Lipinski definition) is 0. The van der Waals surface area contributed by atoms with Crippen molar-refractivity contribution in [3.05, 3.63) is 29.8 Å². The SMILES string of the molecule is CCCC[C@@H]1CN(C(=O)c2ccc(-c3nnn(C)n3)cc2)C[C@H](C(C)C)O1. The van der Waals surface area contributed by atoms with E-state index in [9.17, 15) is 4.79 Å². The largest absolute Gasteiger partial charge is 0.371 e. The molecule has 0 bridgehead atoms. The van der Waals surface area contributed by atoms with Gasteiger partial charge in [0.05, 0.1) is 19.3 Å². The van der Waals surface area contributed by atoms with Crippen LogP contribution >= 0.6 is 0 Å². The molecule has 1 amide bonds. The summed E-state index contributed by atoms with van der Waals surface area (Å²) in [4.78, 5) is 16.4. The van der Waals surface area contributed by atoms with Crippen LogP contribution in [-0.4, -0.2) is 56.3 Å². The van der Waals surface area contributed by atoms with Crippen molar-refractivity contribution in [3.8, 4) is 11.4 Å². The summed E-state index contributed by atoms with van der Waals surface area (Å²) in [6, 6.07) is 7.43. The number of benzene rings is 1. The molecule has 1 aromatic heterocycles. The molecule has 1 saturated heterocycles. The zero-order chi connectivity index (χ0) is 19.4. The van der Waals surface area contributed by atoms with E-state index in [0.29, 0.717) is 30.4 Å². The van der Waals surface area contributed by atoms with E-state index in [1.54, 1.807) is 7.05 Å². The Morgan fingerprint density at radius 2 is 2.00 bits per heavy atom. The van der Waals surface area contributed by atoms with E-state index >= 15 is 0 Å². The standard InChI is InChI=1S/C20H29N5O2/c1-5-6-7-17-12-25(13-18(27-17)14(2)3)20(26)16-10-8-15(9-11-16)19-21-23-24(4)22-19/h8-11,14,17-18H,5-7,12-13H2,1-4H3/t17-,18-/m1/s1. The smallest absolute Gasteiger partial charge is 0.254 e. The highest BCUT2D eigenvalue weighted by Gasteiger charge is 2.32. The molecule has 3 rings (SSSR count). The molecule has 1 aromatic carbocycles. The maximum atomic E-state index is 13.1. The van der Waals surface area contributed by atoms with E-state index in [4.69, 9.17) is 4.74 Å². The van der Waals surface area contributed by atoms with Crippen molar-refractivity contribution >= 4 is 5.91 Å². The second kappa shape index (κ2) is 8.61. The van der Waals surface area contributed by atoms with Crippen LogP contribution < -0.4 is 0 Å². The van der Waals surface area contributed by atoms with Gasteiger partial charge in [0.25, 0.3) is 5.91 Å². The minimum absolute atomic E-state index is 0.0594. The number of nitrogens with zero attached hydrogens (tertiary/aromatic N) is 5. The molecule has 1 aliphatic heterocycles. The average Bonchev–Trinajstić information content (AvgIpc) is 3.12. The third kappa shape index (κ3) is 4.71. The fourth-order valence-corrected chi connectivity index (χ4v) is 3.34. The molecule has 0 aliphatic carbocycles. The van der Waals surface area contributed by atoms with E-state index in [-0.39, 0.29) is 18.1 Å². The molecule has 2 atom stereocenters. The summed E-state index contributed by atoms with van der Waals surface area (Å²) in [7, 11) is 1.73. The van der Waals surface area contributed by atoms with Crippen LogP contribution in [-0.2, 0) is 11.8 Å². The first kappa shape index (κ1) is 19.5. The van der Waals surface area contributed by atoms with Gasteiger partial charge in [-0.3, -0.25) is 4.79 Å². The van der Waals surface area contributed by atoms with Crippen molar-refractivity contribution in [3.63, 3.8) is 0 Å². The summed E-state index contributed by atoms with van der Waals surface area (Å²) in [5, 5.41) is 12.1. The van der Waals surface area contributed by atoms with Gasteiger partial charge in [-0.25, -0.2) is 0 Å². The van der Waals surface area contributed by atoms with Crippen molar-refractivity contribution in [2.24, 2.45) is 13.0 Å². The topological polar surface area (TPSA) is 73.1 Å². The lowest BCUT2D eigenvalue weighted by atomic mass is 10.0. The lowest BCUT2D eigenvalue weighted by molar-refractivity contribution is -0.0962. The van der Waals surface area contributed by atoms with Gasteiger partial charge >= 0.3 is 0 Å². The molecule has 1 fully saturated rings. The van der Waals surface area contributed by atoms with Crippen LogP contribution in [0.1, 0.15) is 50.4 Å². The highest BCUT2D eigenvalue weighted by atomic mass is 16.5. The number of aromatic nitrogens is 4. The molecule has 0 N–H and O–H groups in total. The summed E-state index contributed by atoms with van der Waals surface area (Å²) in [5.74, 6) is 1.00. The Labute approximate surface area is 160 Å². The molecule has 0 spiro atoms. The van der Waals surface area contributed by atoms with Crippen LogP contribution in [0.4, 0.5) is 0 Å². The summed E-state index contributed by atoms with van der Waals surface area (Å²) < 4.78 is 6.23. The molecule has 1 aliphatic rings. The first-order valence-electron chi connectivity index (χ1n) is 9.77. The summed E-state index contributed by atoms with van der Waals surface area (Å²) in [6.07, 6.45) is 3.47. The van der Waals surface area contributed by atoms with Gasteiger partial charge in [-0.2, -0.15) is 4.80 Å². The van der Waals surface area contributed by atoms with E-state index in [0.717, 1.165) is 24.8 Å². The summed E-state index contributed by atoms with van der Waals surface area (Å²) in [5.41, 5.74) is 1.53. The van der Waals surface area contributed by atoms with E-state index in [1.807, 2.05) is 29.2 Å². The second-order valence-electron chi connectivity index (χ2n) is 7.57. The molecule has 0 radical (unpaired) electrons. The number of tetrazole rings is 1. The van der Waals surface area contributed by atoms with Crippen molar-refractivity contribution in [1.29, 1.82) is 0 Å². The molecule has 7 heteroatoms. The minimum Gasteiger partial charge on any atom is -0.371 e. The maximum absolute atomic E-state index is 13.1. The Morgan fingerprint density at radius 1 is 1.26 bits per heavy atom. The van der Waals surface area contributed by atoms with Crippen molar-refractivity contribution in [1.82, 2.24) is 25.1 Å². The van der Waals surface area contributed by atoms with Crippen LogP contribution in [0.25, 0.3) is 11.4 Å². The zero-order valence-electron chi connectivity index (χ0n) is 16.6. The molecule has 2 heterocycles. The third-order valence-electron chi connectivity index (χ3n) is 5.00. The van der Waals surface area contributed by atoms with E-state index in [1.165, 1.54) is 4.80 Å². The first-order valence-corrected chi connectivity index (χ1v) is 9.77. The number of hydrogen-bond acceptors (Lipinski definition) is 5. The van der Waals surface area contributed by atoms with Gasteiger partial charge in [0.1, 0.15) is 0 Å². The quantitative estimate of drug-likeness (QED) is 0.781. The predicted molar refractivity (Wildman–Crippen MR) is 103 cm³/mol. The number of carbonyl (C=O) groups excluding carboxylic acids is 1. The number of rotatable bonds is 6. The van der Waals surface area contributed by atoms with E-state index < -0.39 is 0 Å². The highest BCUT2D eigenvalue weighted by Crippen LogP contribution is 2.23. The Hall–Kier alpha value is -2.28. The number of carbonyl (C=O) groups is 1.